The van der Waals surface area contributed by atoms with E-state index in [1.54, 1.807) is 0 Å². The van der Waals surface area contributed by atoms with Crippen LogP contribution in [0.3, 0.4) is 0 Å². The Morgan fingerprint density at radius 2 is 2.40 bits per heavy atom. The molecule has 2 aromatic rings. The number of hydrogen-bond donors (Lipinski definition) is 1. The largest absolute Gasteiger partial charge is 0.348 e. The van der Waals surface area contributed by atoms with E-state index in [0.29, 0.717) is 6.04 Å². The van der Waals surface area contributed by atoms with Gasteiger partial charge in [0, 0.05) is 37.6 Å². The summed E-state index contributed by atoms with van der Waals surface area (Å²) in [5.74, 6) is 0. The van der Waals surface area contributed by atoms with Crippen molar-refractivity contribution in [3.05, 3.63) is 47.8 Å². The van der Waals surface area contributed by atoms with Crippen LogP contribution in [-0.4, -0.2) is 26.4 Å². The Bertz CT molecular complexity index is 534. The number of nitrogens with one attached hydrogen (secondary N) is 1. The predicted octanol–water partition coefficient (Wildman–Crippen LogP) is 3.09. The molecular formula is C16H22N4. The summed E-state index contributed by atoms with van der Waals surface area (Å²) < 4.78 is 0. The van der Waals surface area contributed by atoms with Crippen LogP contribution in [0.2, 0.25) is 0 Å². The molecule has 0 amide bonds. The quantitative estimate of drug-likeness (QED) is 0.908. The molecule has 3 heterocycles. The number of unbranched alkanes of at least 4 members (excludes halogenated alkanes) is 1. The van der Waals surface area contributed by atoms with Gasteiger partial charge in [0.25, 0.3) is 0 Å². The summed E-state index contributed by atoms with van der Waals surface area (Å²) in [6.07, 6.45) is 10.4. The highest BCUT2D eigenvalue weighted by Crippen LogP contribution is 2.32. The minimum atomic E-state index is 0.449. The number of rotatable bonds is 5. The highest BCUT2D eigenvalue weighted by atomic mass is 15.2. The van der Waals surface area contributed by atoms with Crippen LogP contribution in [0.4, 0.5) is 0 Å². The number of nitrogens with zero attached hydrogens (tertiary/aromatic N) is 3. The molecule has 3 rings (SSSR count). The van der Waals surface area contributed by atoms with Gasteiger partial charge < -0.3 is 4.98 Å². The van der Waals surface area contributed by atoms with Crippen LogP contribution < -0.4 is 0 Å². The fourth-order valence-electron chi connectivity index (χ4n) is 3.04. The van der Waals surface area contributed by atoms with E-state index in [-0.39, 0.29) is 0 Å². The van der Waals surface area contributed by atoms with Gasteiger partial charge in [-0.1, -0.05) is 25.8 Å². The van der Waals surface area contributed by atoms with Crippen LogP contribution in [-0.2, 0) is 13.0 Å². The Balaban J connectivity index is 1.79. The van der Waals surface area contributed by atoms with Crippen molar-refractivity contribution in [1.82, 2.24) is 19.9 Å². The number of H-pyrrole nitrogens is 1. The lowest BCUT2D eigenvalue weighted by atomic mass is 9.97. The van der Waals surface area contributed by atoms with Crippen molar-refractivity contribution in [1.29, 1.82) is 0 Å². The molecule has 106 valence electrons. The van der Waals surface area contributed by atoms with Gasteiger partial charge in [0.15, 0.2) is 0 Å². The average Bonchev–Trinajstić information content (AvgIpc) is 2.96. The zero-order valence-corrected chi connectivity index (χ0v) is 12.0. The molecule has 4 nitrogen and oxygen atoms in total. The van der Waals surface area contributed by atoms with Gasteiger partial charge in [0.05, 0.1) is 18.1 Å². The van der Waals surface area contributed by atoms with Gasteiger partial charge in [-0.2, -0.15) is 0 Å². The molecule has 0 saturated carbocycles. The zero-order valence-electron chi connectivity index (χ0n) is 12.0. The van der Waals surface area contributed by atoms with Crippen LogP contribution in [0.25, 0.3) is 0 Å². The number of fused-ring (bicyclic) bond motifs is 1. The smallest absolute Gasteiger partial charge is 0.0925 e. The van der Waals surface area contributed by atoms with E-state index in [9.17, 15) is 0 Å². The number of aromatic nitrogens is 3. The summed E-state index contributed by atoms with van der Waals surface area (Å²) >= 11 is 0. The summed E-state index contributed by atoms with van der Waals surface area (Å²) in [6, 6.07) is 4.62. The van der Waals surface area contributed by atoms with Crippen molar-refractivity contribution in [3.8, 4) is 0 Å². The Morgan fingerprint density at radius 3 is 3.20 bits per heavy atom. The number of aromatic amines is 1. The van der Waals surface area contributed by atoms with Crippen LogP contribution in [0.1, 0.15) is 49.2 Å². The standard InChI is InChI=1S/C16H22N4/c1-2-3-6-15-16-14(18-12-19-16)7-9-20(15)11-13-5-4-8-17-10-13/h4-5,8,10,12,15H,2-3,6-7,9,11H2,1H3,(H,18,19)/t15-/m0/s1. The molecule has 1 aliphatic rings. The summed E-state index contributed by atoms with van der Waals surface area (Å²) in [6.45, 7) is 4.31. The number of pyridine rings is 1. The fourth-order valence-corrected chi connectivity index (χ4v) is 3.04. The normalized spacial score (nSPS) is 18.9. The second-order valence-electron chi connectivity index (χ2n) is 5.51. The van der Waals surface area contributed by atoms with E-state index in [1.165, 1.54) is 36.2 Å². The van der Waals surface area contributed by atoms with E-state index >= 15 is 0 Å². The van der Waals surface area contributed by atoms with Crippen molar-refractivity contribution in [2.45, 2.75) is 45.2 Å². The molecule has 0 bridgehead atoms. The molecule has 0 radical (unpaired) electrons. The maximum atomic E-state index is 4.57. The van der Waals surface area contributed by atoms with Crippen LogP contribution in [0.5, 0.6) is 0 Å². The van der Waals surface area contributed by atoms with E-state index in [0.717, 1.165) is 19.5 Å². The molecule has 2 aromatic heterocycles. The lowest BCUT2D eigenvalue weighted by Crippen LogP contribution is -2.35. The molecule has 4 heteroatoms. The number of hydrogen-bond acceptors (Lipinski definition) is 3. The van der Waals surface area contributed by atoms with Gasteiger partial charge in [0.2, 0.25) is 0 Å². The van der Waals surface area contributed by atoms with Gasteiger partial charge in [-0.3, -0.25) is 9.88 Å². The fraction of sp³-hybridized carbons (Fsp3) is 0.500. The molecule has 0 spiro atoms. The third-order valence-electron chi connectivity index (χ3n) is 4.10. The van der Waals surface area contributed by atoms with E-state index in [1.807, 2.05) is 24.8 Å². The molecule has 1 atom stereocenters. The molecular weight excluding hydrogens is 248 g/mol. The molecule has 1 aliphatic heterocycles. The Hall–Kier alpha value is -1.68. The van der Waals surface area contributed by atoms with Gasteiger partial charge in [-0.25, -0.2) is 4.98 Å². The third kappa shape index (κ3) is 2.75. The maximum absolute atomic E-state index is 4.57. The van der Waals surface area contributed by atoms with Crippen molar-refractivity contribution in [3.63, 3.8) is 0 Å². The topological polar surface area (TPSA) is 44.8 Å². The molecule has 0 unspecified atom stereocenters. The molecule has 0 fully saturated rings. The first-order valence-corrected chi connectivity index (χ1v) is 7.53. The van der Waals surface area contributed by atoms with Crippen molar-refractivity contribution < 1.29 is 0 Å². The van der Waals surface area contributed by atoms with Crippen LogP contribution in [0.15, 0.2) is 30.9 Å². The van der Waals surface area contributed by atoms with Crippen molar-refractivity contribution in [2.75, 3.05) is 6.54 Å². The van der Waals surface area contributed by atoms with Crippen molar-refractivity contribution >= 4 is 0 Å². The van der Waals surface area contributed by atoms with Crippen molar-refractivity contribution in [2.24, 2.45) is 0 Å². The third-order valence-corrected chi connectivity index (χ3v) is 4.10. The summed E-state index contributed by atoms with van der Waals surface area (Å²) in [4.78, 5) is 14.6. The highest BCUT2D eigenvalue weighted by Gasteiger charge is 2.28. The van der Waals surface area contributed by atoms with Crippen LogP contribution in [0, 0.1) is 0 Å². The summed E-state index contributed by atoms with van der Waals surface area (Å²) in [5.41, 5.74) is 3.87. The molecule has 0 aliphatic carbocycles. The summed E-state index contributed by atoms with van der Waals surface area (Å²) in [7, 11) is 0. The Kier molecular flexibility index (Phi) is 4.11. The first kappa shape index (κ1) is 13.3. The average molecular weight is 270 g/mol. The Labute approximate surface area is 120 Å². The maximum Gasteiger partial charge on any atom is 0.0925 e. The zero-order chi connectivity index (χ0) is 13.8. The van der Waals surface area contributed by atoms with E-state index < -0.39 is 0 Å². The summed E-state index contributed by atoms with van der Waals surface area (Å²) in [5, 5.41) is 0. The van der Waals surface area contributed by atoms with Gasteiger partial charge in [0.1, 0.15) is 0 Å². The van der Waals surface area contributed by atoms with Gasteiger partial charge in [-0.15, -0.1) is 0 Å². The van der Waals surface area contributed by atoms with E-state index in [2.05, 4.69) is 32.8 Å². The lowest BCUT2D eigenvalue weighted by molar-refractivity contribution is 0.160. The monoisotopic (exact) mass is 270 g/mol. The first-order chi connectivity index (χ1) is 9.88. The van der Waals surface area contributed by atoms with Gasteiger partial charge >= 0.3 is 0 Å². The lowest BCUT2D eigenvalue weighted by Gasteiger charge is -2.35. The predicted molar refractivity (Wildman–Crippen MR) is 79.2 cm³/mol. The molecule has 1 N–H and O–H groups in total. The molecule has 0 aromatic carbocycles. The minimum Gasteiger partial charge on any atom is -0.348 e. The molecule has 0 saturated heterocycles. The molecule has 20 heavy (non-hydrogen) atoms. The van der Waals surface area contributed by atoms with E-state index in [4.69, 9.17) is 0 Å². The van der Waals surface area contributed by atoms with Crippen LogP contribution >= 0.6 is 0 Å². The SMILES string of the molecule is CCCC[C@H]1c2nc[nH]c2CCN1Cc1cccnc1. The first-order valence-electron chi connectivity index (χ1n) is 7.53. The highest BCUT2D eigenvalue weighted by molar-refractivity contribution is 5.20. The minimum absolute atomic E-state index is 0.449. The Morgan fingerprint density at radius 1 is 1.45 bits per heavy atom. The van der Waals surface area contributed by atoms with Gasteiger partial charge in [-0.05, 0) is 18.1 Å². The second kappa shape index (κ2) is 6.18. The second-order valence-corrected chi connectivity index (χ2v) is 5.51. The number of imidazole rings is 1.